The van der Waals surface area contributed by atoms with E-state index in [0.29, 0.717) is 22.3 Å². The molecule has 2 aromatic carbocycles. The van der Waals surface area contributed by atoms with Crippen LogP contribution in [0.5, 0.6) is 5.75 Å². The van der Waals surface area contributed by atoms with Crippen molar-refractivity contribution in [2.24, 2.45) is 0 Å². The van der Waals surface area contributed by atoms with E-state index in [0.717, 1.165) is 32.1 Å². The second-order valence-electron chi connectivity index (χ2n) is 8.54. The Morgan fingerprint density at radius 2 is 1.85 bits per heavy atom. The lowest BCUT2D eigenvalue weighted by Gasteiger charge is -2.36. The number of rotatable bonds is 5. The fourth-order valence-corrected chi connectivity index (χ4v) is 5.00. The number of Topliss-reactive ketones (excluding diaryl/α,β-unsaturated/α-hetero) is 1. The van der Waals surface area contributed by atoms with Crippen molar-refractivity contribution in [1.82, 2.24) is 4.90 Å². The van der Waals surface area contributed by atoms with Gasteiger partial charge in [0, 0.05) is 11.4 Å². The minimum absolute atomic E-state index is 0.00135. The third-order valence-corrected chi connectivity index (χ3v) is 6.59. The molecule has 1 aromatic heterocycles. The zero-order valence-electron chi connectivity index (χ0n) is 18.2. The first kappa shape index (κ1) is 21.2. The number of benzene rings is 2. The number of aliphatic hydroxyl groups excluding tert-OH is 1. The Bertz CT molecular complexity index is 1250. The molecule has 1 saturated carbocycles. The highest BCUT2D eigenvalue weighted by Crippen LogP contribution is 2.43. The molecule has 1 N–H and O–H groups in total. The number of furan rings is 1. The molecule has 1 aliphatic heterocycles. The number of ketones is 1. The molecule has 1 aliphatic carbocycles. The summed E-state index contributed by atoms with van der Waals surface area (Å²) in [6.45, 7) is 0. The maximum atomic E-state index is 13.7. The molecule has 1 amide bonds. The third kappa shape index (κ3) is 3.57. The first-order chi connectivity index (χ1) is 16.0. The van der Waals surface area contributed by atoms with Crippen LogP contribution < -0.4 is 4.74 Å². The highest BCUT2D eigenvalue weighted by molar-refractivity contribution is 6.16. The van der Waals surface area contributed by atoms with Gasteiger partial charge in [0.25, 0.3) is 5.91 Å². The van der Waals surface area contributed by atoms with Crippen LogP contribution in [0.3, 0.4) is 0 Å². The van der Waals surface area contributed by atoms with Gasteiger partial charge in [-0.05, 0) is 42.7 Å². The molecular formula is C26H24FNO5. The van der Waals surface area contributed by atoms with Gasteiger partial charge in [0.05, 0.1) is 18.7 Å². The van der Waals surface area contributed by atoms with Crippen LogP contribution in [0.2, 0.25) is 0 Å². The number of halogens is 1. The zero-order valence-corrected chi connectivity index (χ0v) is 18.2. The standard InChI is InChI=1S/C26H24FNO5/c1-32-19-9-5-6-16-14-20(33-25(16)19)23(29)21-22(15-10-12-17(27)13-11-15)28(26(31)24(21)30)18-7-3-2-4-8-18/h5-6,9-14,18,22,30H,2-4,7-8H2,1H3. The number of amides is 1. The fourth-order valence-electron chi connectivity index (χ4n) is 5.00. The first-order valence-corrected chi connectivity index (χ1v) is 11.1. The summed E-state index contributed by atoms with van der Waals surface area (Å²) in [4.78, 5) is 28.5. The monoisotopic (exact) mass is 449 g/mol. The summed E-state index contributed by atoms with van der Waals surface area (Å²) in [7, 11) is 1.51. The van der Waals surface area contributed by atoms with Gasteiger partial charge in [0.15, 0.2) is 22.9 Å². The SMILES string of the molecule is COc1cccc2cc(C(=O)C3=C(O)C(=O)N(C4CCCCC4)C3c3ccc(F)cc3)oc12. The number of methoxy groups -OCH3 is 1. The van der Waals surface area contributed by atoms with Crippen LogP contribution in [0.4, 0.5) is 4.39 Å². The van der Waals surface area contributed by atoms with Crippen LogP contribution >= 0.6 is 0 Å². The van der Waals surface area contributed by atoms with Crippen molar-refractivity contribution in [3.8, 4) is 5.75 Å². The van der Waals surface area contributed by atoms with Gasteiger partial charge >= 0.3 is 0 Å². The highest BCUT2D eigenvalue weighted by atomic mass is 19.1. The fraction of sp³-hybridized carbons (Fsp3) is 0.308. The highest BCUT2D eigenvalue weighted by Gasteiger charge is 2.47. The van der Waals surface area contributed by atoms with Gasteiger partial charge in [0.2, 0.25) is 5.78 Å². The van der Waals surface area contributed by atoms with Crippen LogP contribution in [-0.2, 0) is 4.79 Å². The minimum atomic E-state index is -0.816. The third-order valence-electron chi connectivity index (χ3n) is 6.59. The average molecular weight is 449 g/mol. The molecule has 0 radical (unpaired) electrons. The van der Waals surface area contributed by atoms with E-state index in [2.05, 4.69) is 0 Å². The predicted octanol–water partition coefficient (Wildman–Crippen LogP) is 5.49. The van der Waals surface area contributed by atoms with Gasteiger partial charge in [0.1, 0.15) is 5.82 Å². The van der Waals surface area contributed by atoms with Crippen molar-refractivity contribution >= 4 is 22.7 Å². The normalized spacial score (nSPS) is 19.5. The molecule has 7 heteroatoms. The molecule has 170 valence electrons. The number of hydrogen-bond acceptors (Lipinski definition) is 5. The maximum absolute atomic E-state index is 13.7. The molecule has 2 heterocycles. The topological polar surface area (TPSA) is 80.0 Å². The Morgan fingerprint density at radius 1 is 1.12 bits per heavy atom. The van der Waals surface area contributed by atoms with E-state index in [-0.39, 0.29) is 17.4 Å². The summed E-state index contributed by atoms with van der Waals surface area (Å²) < 4.78 is 24.8. The summed E-state index contributed by atoms with van der Waals surface area (Å²) in [6.07, 6.45) is 4.61. The van der Waals surface area contributed by atoms with Gasteiger partial charge in [-0.2, -0.15) is 0 Å². The number of carbonyl (C=O) groups excluding carboxylic acids is 2. The summed E-state index contributed by atoms with van der Waals surface area (Å²) in [5.74, 6) is -1.67. The smallest absolute Gasteiger partial charge is 0.290 e. The van der Waals surface area contributed by atoms with Crippen LogP contribution in [0.1, 0.15) is 54.3 Å². The molecule has 0 saturated heterocycles. The van der Waals surface area contributed by atoms with Crippen LogP contribution in [0.15, 0.2) is 64.3 Å². The van der Waals surface area contributed by atoms with E-state index in [1.807, 2.05) is 0 Å². The Kier molecular flexibility index (Phi) is 5.40. The van der Waals surface area contributed by atoms with E-state index in [1.165, 1.54) is 19.2 Å². The van der Waals surface area contributed by atoms with E-state index in [4.69, 9.17) is 9.15 Å². The van der Waals surface area contributed by atoms with Crippen LogP contribution in [-0.4, -0.2) is 34.8 Å². The van der Waals surface area contributed by atoms with Gasteiger partial charge in [-0.25, -0.2) is 4.39 Å². The summed E-state index contributed by atoms with van der Waals surface area (Å²) in [5, 5.41) is 11.6. The van der Waals surface area contributed by atoms with Gasteiger partial charge in [-0.15, -0.1) is 0 Å². The molecule has 1 atom stereocenters. The number of fused-ring (bicyclic) bond motifs is 1. The minimum Gasteiger partial charge on any atom is -0.503 e. The number of ether oxygens (including phenoxy) is 1. The van der Waals surface area contributed by atoms with Crippen molar-refractivity contribution < 1.29 is 28.2 Å². The summed E-state index contributed by atoms with van der Waals surface area (Å²) >= 11 is 0. The number of hydrogen-bond donors (Lipinski definition) is 1. The summed E-state index contributed by atoms with van der Waals surface area (Å²) in [5.41, 5.74) is 0.932. The Labute approximate surface area is 190 Å². The van der Waals surface area contributed by atoms with Crippen molar-refractivity contribution in [3.63, 3.8) is 0 Å². The Morgan fingerprint density at radius 3 is 2.55 bits per heavy atom. The second kappa shape index (κ2) is 8.39. The number of nitrogens with zero attached hydrogens (tertiary/aromatic N) is 1. The molecular weight excluding hydrogens is 425 g/mol. The second-order valence-corrected chi connectivity index (χ2v) is 8.54. The molecule has 0 spiro atoms. The molecule has 1 unspecified atom stereocenters. The predicted molar refractivity (Wildman–Crippen MR) is 120 cm³/mol. The molecule has 1 fully saturated rings. The lowest BCUT2D eigenvalue weighted by Crippen LogP contribution is -2.41. The Balaban J connectivity index is 1.61. The van der Waals surface area contributed by atoms with E-state index in [1.54, 1.807) is 41.3 Å². The zero-order chi connectivity index (χ0) is 23.1. The van der Waals surface area contributed by atoms with Gasteiger partial charge in [-0.1, -0.05) is 43.5 Å². The number of aliphatic hydroxyl groups is 1. The van der Waals surface area contributed by atoms with Crippen molar-refractivity contribution in [2.75, 3.05) is 7.11 Å². The summed E-state index contributed by atoms with van der Waals surface area (Å²) in [6, 6.07) is 11.6. The molecule has 6 nitrogen and oxygen atoms in total. The van der Waals surface area contributed by atoms with Crippen LogP contribution in [0, 0.1) is 5.82 Å². The molecule has 0 bridgehead atoms. The van der Waals surface area contributed by atoms with E-state index in [9.17, 15) is 19.1 Å². The average Bonchev–Trinajstić information content (AvgIpc) is 3.39. The maximum Gasteiger partial charge on any atom is 0.290 e. The number of carbonyl (C=O) groups is 2. The number of para-hydroxylation sites is 1. The largest absolute Gasteiger partial charge is 0.503 e. The molecule has 3 aromatic rings. The van der Waals surface area contributed by atoms with Gasteiger partial charge < -0.3 is 19.2 Å². The van der Waals surface area contributed by atoms with Crippen LogP contribution in [0.25, 0.3) is 11.0 Å². The lowest BCUT2D eigenvalue weighted by atomic mass is 9.90. The molecule has 5 rings (SSSR count). The van der Waals surface area contributed by atoms with E-state index >= 15 is 0 Å². The first-order valence-electron chi connectivity index (χ1n) is 11.1. The van der Waals surface area contributed by atoms with Gasteiger partial charge in [-0.3, -0.25) is 9.59 Å². The lowest BCUT2D eigenvalue weighted by molar-refractivity contribution is -0.132. The quantitative estimate of drug-likeness (QED) is 0.521. The Hall–Kier alpha value is -3.61. The van der Waals surface area contributed by atoms with Crippen molar-refractivity contribution in [1.29, 1.82) is 0 Å². The molecule has 33 heavy (non-hydrogen) atoms. The van der Waals surface area contributed by atoms with E-state index < -0.39 is 29.3 Å². The van der Waals surface area contributed by atoms with Crippen molar-refractivity contribution in [2.45, 2.75) is 44.2 Å². The molecule has 2 aliphatic rings. The van der Waals surface area contributed by atoms with Crippen molar-refractivity contribution in [3.05, 3.63) is 77.0 Å².